The van der Waals surface area contributed by atoms with Crippen molar-refractivity contribution >= 4 is 5.69 Å². The number of benzene rings is 2. The summed E-state index contributed by atoms with van der Waals surface area (Å²) >= 11 is 0. The van der Waals surface area contributed by atoms with Crippen LogP contribution in [-0.2, 0) is 0 Å². The van der Waals surface area contributed by atoms with Gasteiger partial charge in [0.15, 0.2) is 0 Å². The molecule has 0 heterocycles. The predicted molar refractivity (Wildman–Crippen MR) is 91.9 cm³/mol. The van der Waals surface area contributed by atoms with Crippen molar-refractivity contribution in [3.8, 4) is 0 Å². The number of hydrogen-bond acceptors (Lipinski definition) is 2. The maximum atomic E-state index is 3.61. The SMILES string of the molecule is CCNC(CN(CC)c1ccccc1)c1ccc(C)cc1. The molecule has 0 spiro atoms. The lowest BCUT2D eigenvalue weighted by Crippen LogP contribution is -2.35. The van der Waals surface area contributed by atoms with E-state index in [0.29, 0.717) is 6.04 Å². The molecule has 0 fully saturated rings. The summed E-state index contributed by atoms with van der Waals surface area (Å²) in [5, 5.41) is 3.61. The number of rotatable bonds is 7. The van der Waals surface area contributed by atoms with Crippen molar-refractivity contribution in [2.45, 2.75) is 26.8 Å². The number of nitrogens with one attached hydrogen (secondary N) is 1. The number of hydrogen-bond donors (Lipinski definition) is 1. The summed E-state index contributed by atoms with van der Waals surface area (Å²) in [7, 11) is 0. The van der Waals surface area contributed by atoms with Crippen LogP contribution in [0, 0.1) is 6.92 Å². The van der Waals surface area contributed by atoms with Crippen LogP contribution in [0.5, 0.6) is 0 Å². The first-order chi connectivity index (χ1) is 10.2. The molecular weight excluding hydrogens is 256 g/mol. The third kappa shape index (κ3) is 4.33. The maximum absolute atomic E-state index is 3.61. The molecule has 0 radical (unpaired) electrons. The number of likely N-dealkylation sites (N-methyl/N-ethyl adjacent to an activating group) is 2. The summed E-state index contributed by atoms with van der Waals surface area (Å²) in [6.07, 6.45) is 0. The zero-order valence-corrected chi connectivity index (χ0v) is 13.3. The van der Waals surface area contributed by atoms with E-state index in [1.807, 2.05) is 0 Å². The first-order valence-corrected chi connectivity index (χ1v) is 7.84. The number of nitrogens with zero attached hydrogens (tertiary/aromatic N) is 1. The first-order valence-electron chi connectivity index (χ1n) is 7.84. The quantitative estimate of drug-likeness (QED) is 0.820. The van der Waals surface area contributed by atoms with E-state index in [4.69, 9.17) is 0 Å². The van der Waals surface area contributed by atoms with Gasteiger partial charge in [-0.2, -0.15) is 0 Å². The largest absolute Gasteiger partial charge is 0.370 e. The molecule has 1 N–H and O–H groups in total. The van der Waals surface area contributed by atoms with Gasteiger partial charge in [0.25, 0.3) is 0 Å². The van der Waals surface area contributed by atoms with Crippen LogP contribution in [0.25, 0.3) is 0 Å². The molecule has 0 aliphatic heterocycles. The molecule has 2 heteroatoms. The van der Waals surface area contributed by atoms with Crippen molar-refractivity contribution in [2.75, 3.05) is 24.5 Å². The highest BCUT2D eigenvalue weighted by molar-refractivity contribution is 5.46. The highest BCUT2D eigenvalue weighted by atomic mass is 15.1. The Morgan fingerprint density at radius 3 is 2.19 bits per heavy atom. The lowest BCUT2D eigenvalue weighted by Gasteiger charge is -2.29. The van der Waals surface area contributed by atoms with Gasteiger partial charge >= 0.3 is 0 Å². The Morgan fingerprint density at radius 2 is 1.62 bits per heavy atom. The smallest absolute Gasteiger partial charge is 0.0498 e. The zero-order valence-electron chi connectivity index (χ0n) is 13.3. The molecule has 2 rings (SSSR count). The second-order valence-electron chi connectivity index (χ2n) is 5.40. The first kappa shape index (κ1) is 15.6. The molecular formula is C19H26N2. The van der Waals surface area contributed by atoms with Gasteiger partial charge in [-0.1, -0.05) is 55.0 Å². The molecule has 0 saturated carbocycles. The number of aryl methyl sites for hydroxylation is 1. The zero-order chi connectivity index (χ0) is 15.1. The molecule has 1 unspecified atom stereocenters. The monoisotopic (exact) mass is 282 g/mol. The molecule has 112 valence electrons. The Hall–Kier alpha value is -1.80. The lowest BCUT2D eigenvalue weighted by atomic mass is 10.0. The summed E-state index contributed by atoms with van der Waals surface area (Å²) < 4.78 is 0. The van der Waals surface area contributed by atoms with E-state index < -0.39 is 0 Å². The third-order valence-corrected chi connectivity index (χ3v) is 3.84. The van der Waals surface area contributed by atoms with Crippen LogP contribution in [-0.4, -0.2) is 19.6 Å². The van der Waals surface area contributed by atoms with Crippen molar-refractivity contribution in [2.24, 2.45) is 0 Å². The van der Waals surface area contributed by atoms with Crippen LogP contribution >= 0.6 is 0 Å². The maximum Gasteiger partial charge on any atom is 0.0498 e. The van der Waals surface area contributed by atoms with E-state index >= 15 is 0 Å². The Balaban J connectivity index is 2.16. The molecule has 0 bridgehead atoms. The fourth-order valence-electron chi connectivity index (χ4n) is 2.61. The summed E-state index contributed by atoms with van der Waals surface area (Å²) in [6, 6.07) is 19.9. The molecule has 2 aromatic carbocycles. The van der Waals surface area contributed by atoms with Gasteiger partial charge in [-0.15, -0.1) is 0 Å². The average Bonchev–Trinajstić information content (AvgIpc) is 2.53. The minimum atomic E-state index is 0.357. The van der Waals surface area contributed by atoms with Gasteiger partial charge in [0.05, 0.1) is 0 Å². The van der Waals surface area contributed by atoms with Crippen LogP contribution in [0.4, 0.5) is 5.69 Å². The second-order valence-corrected chi connectivity index (χ2v) is 5.40. The highest BCUT2D eigenvalue weighted by Gasteiger charge is 2.14. The minimum Gasteiger partial charge on any atom is -0.370 e. The standard InChI is InChI=1S/C19H26N2/c1-4-20-19(17-13-11-16(3)12-14-17)15-21(5-2)18-9-7-6-8-10-18/h6-14,19-20H,4-5,15H2,1-3H3. The van der Waals surface area contributed by atoms with Gasteiger partial charge in [0.1, 0.15) is 0 Å². The minimum absolute atomic E-state index is 0.357. The molecule has 0 aromatic heterocycles. The van der Waals surface area contributed by atoms with E-state index in [1.165, 1.54) is 16.8 Å². The molecule has 21 heavy (non-hydrogen) atoms. The highest BCUT2D eigenvalue weighted by Crippen LogP contribution is 2.20. The Morgan fingerprint density at radius 1 is 0.952 bits per heavy atom. The molecule has 0 aliphatic carbocycles. The molecule has 2 aromatic rings. The summed E-state index contributed by atoms with van der Waals surface area (Å²) in [5.74, 6) is 0. The van der Waals surface area contributed by atoms with E-state index in [9.17, 15) is 0 Å². The Labute approximate surface area is 128 Å². The van der Waals surface area contributed by atoms with Crippen LogP contribution in [0.3, 0.4) is 0 Å². The van der Waals surface area contributed by atoms with Crippen molar-refractivity contribution in [3.63, 3.8) is 0 Å². The summed E-state index contributed by atoms with van der Waals surface area (Å²) in [4.78, 5) is 2.42. The fraction of sp³-hybridized carbons (Fsp3) is 0.368. The third-order valence-electron chi connectivity index (χ3n) is 3.84. The summed E-state index contributed by atoms with van der Waals surface area (Å²) in [5.41, 5.74) is 3.95. The van der Waals surface area contributed by atoms with Crippen molar-refractivity contribution in [1.82, 2.24) is 5.32 Å². The molecule has 2 nitrogen and oxygen atoms in total. The van der Waals surface area contributed by atoms with Crippen LogP contribution in [0.2, 0.25) is 0 Å². The average molecular weight is 282 g/mol. The fourth-order valence-corrected chi connectivity index (χ4v) is 2.61. The van der Waals surface area contributed by atoms with Gasteiger partial charge in [-0.25, -0.2) is 0 Å². The van der Waals surface area contributed by atoms with Crippen molar-refractivity contribution < 1.29 is 0 Å². The van der Waals surface area contributed by atoms with Crippen LogP contribution in [0.1, 0.15) is 31.0 Å². The van der Waals surface area contributed by atoms with E-state index in [1.54, 1.807) is 0 Å². The van der Waals surface area contributed by atoms with Crippen LogP contribution in [0.15, 0.2) is 54.6 Å². The number of para-hydroxylation sites is 1. The van der Waals surface area contributed by atoms with Gasteiger partial charge < -0.3 is 10.2 Å². The second kappa shape index (κ2) is 7.84. The molecule has 0 saturated heterocycles. The van der Waals surface area contributed by atoms with Gasteiger partial charge in [0, 0.05) is 24.8 Å². The molecule has 0 aliphatic rings. The van der Waals surface area contributed by atoms with Crippen molar-refractivity contribution in [1.29, 1.82) is 0 Å². The van der Waals surface area contributed by atoms with Crippen LogP contribution < -0.4 is 10.2 Å². The summed E-state index contributed by atoms with van der Waals surface area (Å²) in [6.45, 7) is 9.49. The van der Waals surface area contributed by atoms with E-state index in [-0.39, 0.29) is 0 Å². The predicted octanol–water partition coefficient (Wildman–Crippen LogP) is 4.17. The molecule has 0 amide bonds. The normalized spacial score (nSPS) is 12.1. The van der Waals surface area contributed by atoms with E-state index in [0.717, 1.165) is 19.6 Å². The van der Waals surface area contributed by atoms with Crippen molar-refractivity contribution in [3.05, 3.63) is 65.7 Å². The lowest BCUT2D eigenvalue weighted by molar-refractivity contribution is 0.541. The topological polar surface area (TPSA) is 15.3 Å². The van der Waals surface area contributed by atoms with Gasteiger partial charge in [-0.05, 0) is 38.1 Å². The van der Waals surface area contributed by atoms with Gasteiger partial charge in [0.2, 0.25) is 0 Å². The Kier molecular flexibility index (Phi) is 5.82. The van der Waals surface area contributed by atoms with E-state index in [2.05, 4.69) is 85.6 Å². The van der Waals surface area contributed by atoms with Gasteiger partial charge in [-0.3, -0.25) is 0 Å². The Bertz CT molecular complexity index is 519. The molecule has 1 atom stereocenters. The number of anilines is 1.